The van der Waals surface area contributed by atoms with Crippen molar-refractivity contribution in [3.05, 3.63) is 157 Å². The maximum atomic E-state index is 5.45. The van der Waals surface area contributed by atoms with Crippen molar-refractivity contribution < 1.29 is 0 Å². The van der Waals surface area contributed by atoms with Gasteiger partial charge in [0.2, 0.25) is 0 Å². The lowest BCUT2D eigenvalue weighted by Gasteiger charge is -2.22. The van der Waals surface area contributed by atoms with Crippen LogP contribution in [0.5, 0.6) is 0 Å². The molecule has 49 heavy (non-hydrogen) atoms. The molecular weight excluding hydrogens is 609 g/mol. The summed E-state index contributed by atoms with van der Waals surface area (Å²) in [4.78, 5) is 10.8. The summed E-state index contributed by atoms with van der Waals surface area (Å²) >= 11 is 0. The molecule has 6 aromatic carbocycles. The fourth-order valence-electron chi connectivity index (χ4n) is 7.39. The highest BCUT2D eigenvalue weighted by Crippen LogP contribution is 2.36. The van der Waals surface area contributed by atoms with Gasteiger partial charge in [0, 0.05) is 11.1 Å². The minimum absolute atomic E-state index is 0.765. The van der Waals surface area contributed by atoms with Gasteiger partial charge in [0.25, 0.3) is 0 Å². The van der Waals surface area contributed by atoms with Gasteiger partial charge < -0.3 is 0 Å². The molecule has 1 aliphatic heterocycles. The van der Waals surface area contributed by atoms with Gasteiger partial charge in [-0.3, -0.25) is 0 Å². The molecule has 0 fully saturated rings. The SMILES string of the molecule is CCCCc1ccc(-c2cccc(-c3cccc(-c4nc(-c5cccc(-c6ccccc6)c5)c5c(n4)-c4ccccc4[Si]5(C)C)c3)c2)cc1. The second-order valence-corrected chi connectivity index (χ2v) is 18.0. The van der Waals surface area contributed by atoms with Crippen LogP contribution in [0, 0.1) is 0 Å². The van der Waals surface area contributed by atoms with Crippen molar-refractivity contribution in [3.8, 4) is 67.3 Å². The van der Waals surface area contributed by atoms with Crippen LogP contribution in [-0.4, -0.2) is 18.0 Å². The van der Waals surface area contributed by atoms with Gasteiger partial charge in [0.1, 0.15) is 8.07 Å². The minimum Gasteiger partial charge on any atom is -0.228 e. The molecule has 2 nitrogen and oxygen atoms in total. The standard InChI is InChI=1S/C46H40N2Si/c1-4-5-14-32-25-27-34(28-26-32)35-17-11-19-37(29-35)38-20-13-22-40(31-38)46-47-43(39-21-12-18-36(30-39)33-15-7-6-8-16-33)45-44(48-46)41-23-9-10-24-42(41)49(45,2)3/h6-13,15-31H,4-5,14H2,1-3H3. The molecule has 0 unspecified atom stereocenters. The summed E-state index contributed by atoms with van der Waals surface area (Å²) in [6.07, 6.45) is 3.59. The molecule has 0 aliphatic carbocycles. The quantitative estimate of drug-likeness (QED) is 0.153. The minimum atomic E-state index is -2.07. The van der Waals surface area contributed by atoms with Crippen LogP contribution in [0.25, 0.3) is 67.3 Å². The number of fused-ring (bicyclic) bond motifs is 3. The van der Waals surface area contributed by atoms with Gasteiger partial charge in [-0.05, 0) is 85.9 Å². The highest BCUT2D eigenvalue weighted by molar-refractivity contribution is 7.04. The summed E-state index contributed by atoms with van der Waals surface area (Å²) < 4.78 is 0. The molecule has 2 heterocycles. The maximum Gasteiger partial charge on any atom is 0.160 e. The van der Waals surface area contributed by atoms with Crippen LogP contribution in [0.15, 0.2) is 152 Å². The normalized spacial score (nSPS) is 12.8. The lowest BCUT2D eigenvalue weighted by molar-refractivity contribution is 0.795. The third-order valence-electron chi connectivity index (χ3n) is 10.1. The Bertz CT molecular complexity index is 2290. The van der Waals surface area contributed by atoms with Crippen LogP contribution in [-0.2, 0) is 6.42 Å². The fourth-order valence-corrected chi connectivity index (χ4v) is 10.6. The molecule has 1 aromatic heterocycles. The van der Waals surface area contributed by atoms with E-state index in [1.807, 2.05) is 0 Å². The zero-order valence-electron chi connectivity index (χ0n) is 28.4. The van der Waals surface area contributed by atoms with Gasteiger partial charge in [-0.1, -0.05) is 160 Å². The number of hydrogen-bond acceptors (Lipinski definition) is 2. The summed E-state index contributed by atoms with van der Waals surface area (Å²) in [5.74, 6) is 0.765. The zero-order valence-corrected chi connectivity index (χ0v) is 29.4. The van der Waals surface area contributed by atoms with E-state index < -0.39 is 8.07 Å². The van der Waals surface area contributed by atoms with Crippen LogP contribution in [0.1, 0.15) is 25.3 Å². The van der Waals surface area contributed by atoms with E-state index in [4.69, 9.17) is 9.97 Å². The Balaban J connectivity index is 1.23. The highest BCUT2D eigenvalue weighted by Gasteiger charge is 2.41. The molecule has 0 radical (unpaired) electrons. The van der Waals surface area contributed by atoms with E-state index in [1.165, 1.54) is 62.2 Å². The second-order valence-electron chi connectivity index (χ2n) is 13.7. The van der Waals surface area contributed by atoms with Gasteiger partial charge in [-0.25, -0.2) is 9.97 Å². The maximum absolute atomic E-state index is 5.45. The van der Waals surface area contributed by atoms with Crippen molar-refractivity contribution in [1.29, 1.82) is 0 Å². The van der Waals surface area contributed by atoms with Crippen LogP contribution < -0.4 is 10.4 Å². The van der Waals surface area contributed by atoms with E-state index in [-0.39, 0.29) is 0 Å². The van der Waals surface area contributed by atoms with E-state index in [1.54, 1.807) is 0 Å². The van der Waals surface area contributed by atoms with Crippen molar-refractivity contribution >= 4 is 18.4 Å². The Morgan fingerprint density at radius 2 is 0.980 bits per heavy atom. The molecule has 0 saturated carbocycles. The lowest BCUT2D eigenvalue weighted by Crippen LogP contribution is -2.50. The molecule has 0 amide bonds. The Labute approximate surface area is 291 Å². The number of benzene rings is 6. The average Bonchev–Trinajstić information content (AvgIpc) is 3.40. The molecule has 7 aromatic rings. The van der Waals surface area contributed by atoms with Gasteiger partial charge in [-0.2, -0.15) is 0 Å². The predicted octanol–water partition coefficient (Wildman–Crippen LogP) is 11.0. The number of nitrogens with zero attached hydrogens (tertiary/aromatic N) is 2. The number of aromatic nitrogens is 2. The smallest absolute Gasteiger partial charge is 0.160 e. The fraction of sp³-hybridized carbons (Fsp3) is 0.130. The first kappa shape index (κ1) is 30.9. The first-order valence-electron chi connectivity index (χ1n) is 17.5. The first-order chi connectivity index (χ1) is 24.0. The van der Waals surface area contributed by atoms with Crippen LogP contribution in [0.2, 0.25) is 13.1 Å². The lowest BCUT2D eigenvalue weighted by atomic mass is 9.96. The molecule has 1 aliphatic rings. The summed E-state index contributed by atoms with van der Waals surface area (Å²) in [5.41, 5.74) is 14.2. The molecule has 0 atom stereocenters. The molecular formula is C46H40N2Si. The van der Waals surface area contributed by atoms with E-state index >= 15 is 0 Å². The van der Waals surface area contributed by atoms with Crippen LogP contribution in [0.4, 0.5) is 0 Å². The first-order valence-corrected chi connectivity index (χ1v) is 20.5. The van der Waals surface area contributed by atoms with Gasteiger partial charge in [-0.15, -0.1) is 0 Å². The summed E-state index contributed by atoms with van der Waals surface area (Å²) in [6, 6.07) is 55.0. The van der Waals surface area contributed by atoms with Crippen LogP contribution in [0.3, 0.4) is 0 Å². The summed E-state index contributed by atoms with van der Waals surface area (Å²) in [6.45, 7) is 7.13. The monoisotopic (exact) mass is 648 g/mol. The zero-order chi connectivity index (χ0) is 33.4. The largest absolute Gasteiger partial charge is 0.228 e. The molecule has 8 rings (SSSR count). The molecule has 0 spiro atoms. The van der Waals surface area contributed by atoms with E-state index in [9.17, 15) is 0 Å². The molecule has 0 saturated heterocycles. The van der Waals surface area contributed by atoms with E-state index in [0.29, 0.717) is 0 Å². The van der Waals surface area contributed by atoms with Crippen molar-refractivity contribution in [2.24, 2.45) is 0 Å². The molecule has 3 heteroatoms. The Kier molecular flexibility index (Phi) is 8.15. The third-order valence-corrected chi connectivity index (χ3v) is 13.6. The number of rotatable bonds is 8. The number of aryl methyl sites for hydroxylation is 1. The van der Waals surface area contributed by atoms with Gasteiger partial charge in [0.15, 0.2) is 5.82 Å². The van der Waals surface area contributed by atoms with E-state index in [0.717, 1.165) is 40.3 Å². The predicted molar refractivity (Wildman–Crippen MR) is 210 cm³/mol. The molecule has 238 valence electrons. The summed E-state index contributed by atoms with van der Waals surface area (Å²) in [5, 5.41) is 2.76. The number of unbranched alkanes of at least 4 members (excludes halogenated alkanes) is 1. The number of hydrogen-bond donors (Lipinski definition) is 0. The van der Waals surface area contributed by atoms with Crippen molar-refractivity contribution in [2.75, 3.05) is 0 Å². The topological polar surface area (TPSA) is 25.8 Å². The van der Waals surface area contributed by atoms with Crippen molar-refractivity contribution in [3.63, 3.8) is 0 Å². The average molecular weight is 649 g/mol. The Hall–Kier alpha value is -5.38. The Morgan fingerprint density at radius 3 is 1.67 bits per heavy atom. The van der Waals surface area contributed by atoms with Crippen molar-refractivity contribution in [2.45, 2.75) is 39.3 Å². The van der Waals surface area contributed by atoms with Crippen molar-refractivity contribution in [1.82, 2.24) is 9.97 Å². The van der Waals surface area contributed by atoms with Gasteiger partial charge in [0.05, 0.1) is 11.4 Å². The van der Waals surface area contributed by atoms with E-state index in [2.05, 4.69) is 172 Å². The molecule has 0 bridgehead atoms. The second kappa shape index (κ2) is 12.9. The Morgan fingerprint density at radius 1 is 0.469 bits per heavy atom. The third kappa shape index (κ3) is 5.85. The van der Waals surface area contributed by atoms with Crippen LogP contribution >= 0.6 is 0 Å². The van der Waals surface area contributed by atoms with Gasteiger partial charge >= 0.3 is 0 Å². The molecule has 0 N–H and O–H groups in total. The summed E-state index contributed by atoms with van der Waals surface area (Å²) in [7, 11) is -2.07. The highest BCUT2D eigenvalue weighted by atomic mass is 28.3.